The van der Waals surface area contributed by atoms with Crippen molar-refractivity contribution in [2.24, 2.45) is 0 Å². The number of hydrogen-bond acceptors (Lipinski definition) is 4. The number of fused-ring (bicyclic) bond motifs is 1. The number of halogens is 4. The summed E-state index contributed by atoms with van der Waals surface area (Å²) in [6.07, 6.45) is -4.41. The lowest BCUT2D eigenvalue weighted by Gasteiger charge is -2.28. The predicted molar refractivity (Wildman–Crippen MR) is 90.7 cm³/mol. The van der Waals surface area contributed by atoms with Crippen LogP contribution in [-0.2, 0) is 6.18 Å². The lowest BCUT2D eigenvalue weighted by Crippen LogP contribution is -2.25. The number of hydrogen-bond donors (Lipinski definition) is 0. The second-order valence-electron chi connectivity index (χ2n) is 5.32. The molecular weight excluding hydrogens is 359 g/mol. The summed E-state index contributed by atoms with van der Waals surface area (Å²) in [5.74, 6) is 0.518. The first kappa shape index (κ1) is 17.0. The van der Waals surface area contributed by atoms with Crippen LogP contribution < -0.4 is 4.90 Å². The third-order valence-corrected chi connectivity index (χ3v) is 4.96. The zero-order valence-electron chi connectivity index (χ0n) is 12.8. The molecular formula is C16H13ClF3N3S. The number of nitrogens with zero attached hydrogens (tertiary/aromatic N) is 3. The van der Waals surface area contributed by atoms with Gasteiger partial charge in [-0.25, -0.2) is 4.98 Å². The number of aromatic nitrogens is 2. The van der Waals surface area contributed by atoms with E-state index in [4.69, 9.17) is 11.6 Å². The molecule has 1 unspecified atom stereocenters. The molecule has 1 atom stereocenters. The van der Waals surface area contributed by atoms with Crippen molar-refractivity contribution in [3.8, 4) is 0 Å². The zero-order valence-corrected chi connectivity index (χ0v) is 14.4. The van der Waals surface area contributed by atoms with Gasteiger partial charge in [0.05, 0.1) is 21.8 Å². The van der Waals surface area contributed by atoms with Crippen LogP contribution in [0.3, 0.4) is 0 Å². The number of thiophene rings is 1. The monoisotopic (exact) mass is 371 g/mol. The van der Waals surface area contributed by atoms with E-state index in [1.807, 2.05) is 5.38 Å². The second kappa shape index (κ2) is 6.22. The van der Waals surface area contributed by atoms with Gasteiger partial charge in [-0.05, 0) is 41.6 Å². The Hall–Kier alpha value is -1.86. The minimum absolute atomic E-state index is 0.0686. The molecule has 0 aliphatic heterocycles. The summed E-state index contributed by atoms with van der Waals surface area (Å²) in [6, 6.07) is 6.82. The van der Waals surface area contributed by atoms with E-state index in [9.17, 15) is 13.2 Å². The quantitative estimate of drug-likeness (QED) is 0.564. The van der Waals surface area contributed by atoms with Gasteiger partial charge in [-0.1, -0.05) is 18.2 Å². The van der Waals surface area contributed by atoms with Crippen molar-refractivity contribution in [2.45, 2.75) is 19.1 Å². The maximum Gasteiger partial charge on any atom is 0.416 e. The summed E-state index contributed by atoms with van der Waals surface area (Å²) in [4.78, 5) is 10.0. The van der Waals surface area contributed by atoms with Gasteiger partial charge >= 0.3 is 6.18 Å². The molecule has 0 fully saturated rings. The molecule has 0 bridgehead atoms. The molecule has 0 saturated carbocycles. The van der Waals surface area contributed by atoms with Crippen molar-refractivity contribution >= 4 is 39.0 Å². The lowest BCUT2D eigenvalue weighted by atomic mass is 10.00. The third kappa shape index (κ3) is 3.06. The summed E-state index contributed by atoms with van der Waals surface area (Å²) in [5, 5.41) is 1.92. The average molecular weight is 372 g/mol. The van der Waals surface area contributed by atoms with Crippen molar-refractivity contribution in [1.29, 1.82) is 0 Å². The Morgan fingerprint density at radius 2 is 1.88 bits per heavy atom. The minimum atomic E-state index is -4.41. The molecule has 1 aromatic carbocycles. The smallest absolute Gasteiger partial charge is 0.352 e. The molecule has 2 heterocycles. The van der Waals surface area contributed by atoms with E-state index in [1.54, 1.807) is 31.0 Å². The van der Waals surface area contributed by atoms with E-state index >= 15 is 0 Å². The molecule has 0 aliphatic rings. The Morgan fingerprint density at radius 3 is 2.58 bits per heavy atom. The molecule has 0 amide bonds. The fourth-order valence-corrected chi connectivity index (χ4v) is 3.60. The van der Waals surface area contributed by atoms with E-state index < -0.39 is 17.8 Å². The highest BCUT2D eigenvalue weighted by Gasteiger charge is 2.35. The van der Waals surface area contributed by atoms with Gasteiger partial charge < -0.3 is 4.90 Å². The zero-order chi connectivity index (χ0) is 17.5. The van der Waals surface area contributed by atoms with Gasteiger partial charge in [0, 0.05) is 7.05 Å². The summed E-state index contributed by atoms with van der Waals surface area (Å²) in [7, 11) is 1.70. The molecule has 0 saturated heterocycles. The van der Waals surface area contributed by atoms with Crippen molar-refractivity contribution in [2.75, 3.05) is 11.9 Å². The van der Waals surface area contributed by atoms with Crippen molar-refractivity contribution < 1.29 is 13.2 Å². The van der Waals surface area contributed by atoms with Gasteiger partial charge in [0.15, 0.2) is 5.82 Å². The molecule has 126 valence electrons. The molecule has 2 aromatic heterocycles. The van der Waals surface area contributed by atoms with Crippen LogP contribution >= 0.6 is 22.9 Å². The first-order valence-electron chi connectivity index (χ1n) is 7.08. The van der Waals surface area contributed by atoms with Crippen LogP contribution in [0.1, 0.15) is 24.1 Å². The van der Waals surface area contributed by atoms with Crippen LogP contribution in [0.2, 0.25) is 5.28 Å². The molecule has 0 aliphatic carbocycles. The summed E-state index contributed by atoms with van der Waals surface area (Å²) in [6.45, 7) is 1.71. The van der Waals surface area contributed by atoms with Crippen LogP contribution in [0, 0.1) is 0 Å². The van der Waals surface area contributed by atoms with Crippen molar-refractivity contribution in [3.63, 3.8) is 0 Å². The van der Waals surface area contributed by atoms with E-state index in [2.05, 4.69) is 9.97 Å². The van der Waals surface area contributed by atoms with Crippen LogP contribution in [0.5, 0.6) is 0 Å². The molecule has 24 heavy (non-hydrogen) atoms. The number of benzene rings is 1. The largest absolute Gasteiger partial charge is 0.416 e. The molecule has 3 rings (SSSR count). The molecule has 0 radical (unpaired) electrons. The Kier molecular flexibility index (Phi) is 4.40. The van der Waals surface area contributed by atoms with Gasteiger partial charge in [-0.15, -0.1) is 11.3 Å². The lowest BCUT2D eigenvalue weighted by molar-refractivity contribution is -0.138. The summed E-state index contributed by atoms with van der Waals surface area (Å²) >= 11 is 7.38. The molecule has 8 heteroatoms. The highest BCUT2D eigenvalue weighted by atomic mass is 35.5. The van der Waals surface area contributed by atoms with Gasteiger partial charge in [0.25, 0.3) is 0 Å². The van der Waals surface area contributed by atoms with Crippen molar-refractivity contribution in [3.05, 3.63) is 52.1 Å². The van der Waals surface area contributed by atoms with Gasteiger partial charge in [0.1, 0.15) is 0 Å². The van der Waals surface area contributed by atoms with E-state index in [0.717, 1.165) is 10.8 Å². The first-order valence-corrected chi connectivity index (χ1v) is 8.34. The SMILES string of the molecule is CC(c1ccccc1C(F)(F)F)N(C)c1nc(Cl)nc2ccsc12. The molecule has 3 nitrogen and oxygen atoms in total. The topological polar surface area (TPSA) is 29.0 Å². The fraction of sp³-hybridized carbons (Fsp3) is 0.250. The number of rotatable bonds is 3. The van der Waals surface area contributed by atoms with E-state index in [0.29, 0.717) is 11.3 Å². The maximum atomic E-state index is 13.3. The second-order valence-corrected chi connectivity index (χ2v) is 6.58. The number of anilines is 1. The summed E-state index contributed by atoms with van der Waals surface area (Å²) in [5.41, 5.74) is 0.219. The highest BCUT2D eigenvalue weighted by molar-refractivity contribution is 7.17. The Labute approximate surface area is 145 Å². The minimum Gasteiger partial charge on any atom is -0.352 e. The third-order valence-electron chi connectivity index (χ3n) is 3.89. The maximum absolute atomic E-state index is 13.3. The van der Waals surface area contributed by atoms with E-state index in [1.165, 1.54) is 23.5 Å². The fourth-order valence-electron chi connectivity index (χ4n) is 2.57. The van der Waals surface area contributed by atoms with Crippen LogP contribution in [0.4, 0.5) is 19.0 Å². The van der Waals surface area contributed by atoms with Gasteiger partial charge in [-0.3, -0.25) is 0 Å². The summed E-state index contributed by atoms with van der Waals surface area (Å²) < 4.78 is 40.6. The Balaban J connectivity index is 2.07. The van der Waals surface area contributed by atoms with Crippen LogP contribution in [-0.4, -0.2) is 17.0 Å². The van der Waals surface area contributed by atoms with Gasteiger partial charge in [0.2, 0.25) is 5.28 Å². The standard InChI is InChI=1S/C16H13ClF3N3S/c1-9(10-5-3-4-6-11(10)16(18,19)20)23(2)14-13-12(7-8-24-13)21-15(17)22-14/h3-9H,1-2H3. The Bertz CT molecular complexity index is 878. The van der Waals surface area contributed by atoms with Crippen LogP contribution in [0.15, 0.2) is 35.7 Å². The number of alkyl halides is 3. The Morgan fingerprint density at radius 1 is 1.17 bits per heavy atom. The molecule has 0 N–H and O–H groups in total. The van der Waals surface area contributed by atoms with E-state index in [-0.39, 0.29) is 10.8 Å². The average Bonchev–Trinajstić information content (AvgIpc) is 3.00. The molecule has 3 aromatic rings. The predicted octanol–water partition coefficient (Wildman–Crippen LogP) is 5.56. The normalized spacial score (nSPS) is 13.2. The highest BCUT2D eigenvalue weighted by Crippen LogP contribution is 2.38. The van der Waals surface area contributed by atoms with Gasteiger partial charge in [-0.2, -0.15) is 18.2 Å². The molecule has 0 spiro atoms. The van der Waals surface area contributed by atoms with Crippen LogP contribution in [0.25, 0.3) is 10.2 Å². The first-order chi connectivity index (χ1) is 11.3. The van der Waals surface area contributed by atoms with Crippen molar-refractivity contribution in [1.82, 2.24) is 9.97 Å².